The van der Waals surface area contributed by atoms with Crippen LogP contribution in [0.15, 0.2) is 42.7 Å². The molecular weight excluding hydrogens is 252 g/mol. The number of benzene rings is 1. The molecule has 1 fully saturated rings. The van der Waals surface area contributed by atoms with Crippen LogP contribution in [-0.2, 0) is 17.9 Å². The van der Waals surface area contributed by atoms with Crippen LogP contribution < -0.4 is 10.6 Å². The van der Waals surface area contributed by atoms with Crippen LogP contribution in [-0.4, -0.2) is 28.3 Å². The minimum atomic E-state index is 0.127. The maximum Gasteiger partial charge on any atom is 0.221 e. The van der Waals surface area contributed by atoms with Crippen LogP contribution in [0, 0.1) is 0 Å². The fourth-order valence-corrected chi connectivity index (χ4v) is 2.37. The van der Waals surface area contributed by atoms with Crippen molar-refractivity contribution >= 4 is 5.91 Å². The van der Waals surface area contributed by atoms with E-state index in [0.717, 1.165) is 25.2 Å². The highest BCUT2D eigenvalue weighted by Gasteiger charge is 2.20. The van der Waals surface area contributed by atoms with Gasteiger partial charge in [-0.25, -0.2) is 0 Å². The Morgan fingerprint density at radius 3 is 2.90 bits per heavy atom. The van der Waals surface area contributed by atoms with Gasteiger partial charge in [-0.15, -0.1) is 0 Å². The molecule has 20 heavy (non-hydrogen) atoms. The quantitative estimate of drug-likeness (QED) is 0.849. The molecule has 2 heterocycles. The predicted molar refractivity (Wildman–Crippen MR) is 76.0 cm³/mol. The number of carbonyl (C=O) groups is 1. The molecule has 0 radical (unpaired) electrons. The van der Waals surface area contributed by atoms with Crippen LogP contribution in [0.3, 0.4) is 0 Å². The Morgan fingerprint density at radius 2 is 2.15 bits per heavy atom. The summed E-state index contributed by atoms with van der Waals surface area (Å²) in [6.45, 7) is 2.25. The van der Waals surface area contributed by atoms with Crippen molar-refractivity contribution in [3.05, 3.63) is 53.9 Å². The number of aromatic nitrogens is 2. The van der Waals surface area contributed by atoms with Gasteiger partial charge in [-0.1, -0.05) is 30.3 Å². The largest absolute Gasteiger partial charge is 0.354 e. The zero-order valence-corrected chi connectivity index (χ0v) is 11.2. The highest BCUT2D eigenvalue weighted by atomic mass is 16.1. The topological polar surface area (TPSA) is 59.0 Å². The van der Waals surface area contributed by atoms with E-state index >= 15 is 0 Å². The fourth-order valence-electron chi connectivity index (χ4n) is 2.37. The minimum Gasteiger partial charge on any atom is -0.354 e. The van der Waals surface area contributed by atoms with E-state index in [1.807, 2.05) is 35.3 Å². The van der Waals surface area contributed by atoms with Crippen molar-refractivity contribution in [3.63, 3.8) is 0 Å². The van der Waals surface area contributed by atoms with E-state index in [0.29, 0.717) is 6.42 Å². The first-order valence-corrected chi connectivity index (χ1v) is 6.85. The van der Waals surface area contributed by atoms with Gasteiger partial charge < -0.3 is 10.6 Å². The molecule has 5 nitrogen and oxygen atoms in total. The van der Waals surface area contributed by atoms with Crippen molar-refractivity contribution in [1.82, 2.24) is 20.4 Å². The Bertz CT molecular complexity index is 579. The molecule has 1 aromatic heterocycles. The standard InChI is InChI=1S/C15H18N4O/c20-15-6-14(9-17-15)16-7-13-8-18-19(11-13)10-12-4-2-1-3-5-12/h1-5,8,11,14,16H,6-7,9-10H2,(H,17,20). The number of amides is 1. The molecule has 5 heteroatoms. The Kier molecular flexibility index (Phi) is 3.78. The van der Waals surface area contributed by atoms with Crippen LogP contribution in [0.2, 0.25) is 0 Å². The van der Waals surface area contributed by atoms with Crippen molar-refractivity contribution in [2.24, 2.45) is 0 Å². The summed E-state index contributed by atoms with van der Waals surface area (Å²) in [7, 11) is 0. The number of hydrogen-bond donors (Lipinski definition) is 2. The van der Waals surface area contributed by atoms with Gasteiger partial charge in [0.05, 0.1) is 12.7 Å². The third-order valence-electron chi connectivity index (χ3n) is 3.45. The first kappa shape index (κ1) is 12.9. The maximum atomic E-state index is 11.1. The van der Waals surface area contributed by atoms with E-state index in [4.69, 9.17) is 0 Å². The first-order chi connectivity index (χ1) is 9.79. The van der Waals surface area contributed by atoms with Crippen molar-refractivity contribution < 1.29 is 4.79 Å². The number of carbonyl (C=O) groups excluding carboxylic acids is 1. The molecule has 0 bridgehead atoms. The number of nitrogens with zero attached hydrogens (tertiary/aromatic N) is 2. The Morgan fingerprint density at radius 1 is 1.30 bits per heavy atom. The number of hydrogen-bond acceptors (Lipinski definition) is 3. The van der Waals surface area contributed by atoms with Gasteiger partial charge in [0.1, 0.15) is 0 Å². The molecule has 1 unspecified atom stereocenters. The van der Waals surface area contributed by atoms with Gasteiger partial charge in [0, 0.05) is 37.3 Å². The number of rotatable bonds is 5. The maximum absolute atomic E-state index is 11.1. The average molecular weight is 270 g/mol. The lowest BCUT2D eigenvalue weighted by atomic mass is 10.2. The van der Waals surface area contributed by atoms with Crippen LogP contribution >= 0.6 is 0 Å². The van der Waals surface area contributed by atoms with E-state index in [-0.39, 0.29) is 11.9 Å². The third kappa shape index (κ3) is 3.24. The molecule has 1 atom stereocenters. The summed E-state index contributed by atoms with van der Waals surface area (Å²) in [6.07, 6.45) is 4.49. The monoisotopic (exact) mass is 270 g/mol. The highest BCUT2D eigenvalue weighted by molar-refractivity contribution is 5.78. The average Bonchev–Trinajstić information content (AvgIpc) is 3.07. The molecule has 0 aliphatic carbocycles. The second kappa shape index (κ2) is 5.88. The number of nitrogens with one attached hydrogen (secondary N) is 2. The summed E-state index contributed by atoms with van der Waals surface area (Å²) < 4.78 is 1.93. The van der Waals surface area contributed by atoms with Gasteiger partial charge in [0.2, 0.25) is 5.91 Å². The fraction of sp³-hybridized carbons (Fsp3) is 0.333. The molecule has 104 valence electrons. The van der Waals surface area contributed by atoms with E-state index in [9.17, 15) is 4.79 Å². The first-order valence-electron chi connectivity index (χ1n) is 6.85. The summed E-state index contributed by atoms with van der Waals surface area (Å²) in [5, 5.41) is 10.6. The van der Waals surface area contributed by atoms with Gasteiger partial charge in [-0.3, -0.25) is 9.48 Å². The minimum absolute atomic E-state index is 0.127. The second-order valence-electron chi connectivity index (χ2n) is 5.12. The molecular formula is C15H18N4O. The van der Waals surface area contributed by atoms with E-state index in [2.05, 4.69) is 27.9 Å². The SMILES string of the molecule is O=C1CC(NCc2cnn(Cc3ccccc3)c2)CN1. The lowest BCUT2D eigenvalue weighted by molar-refractivity contribution is -0.119. The highest BCUT2D eigenvalue weighted by Crippen LogP contribution is 2.05. The summed E-state index contributed by atoms with van der Waals surface area (Å²) >= 11 is 0. The summed E-state index contributed by atoms with van der Waals surface area (Å²) in [4.78, 5) is 11.1. The Hall–Kier alpha value is -2.14. The Balaban J connectivity index is 1.53. The van der Waals surface area contributed by atoms with Crippen LogP contribution in [0.5, 0.6) is 0 Å². The van der Waals surface area contributed by atoms with E-state index < -0.39 is 0 Å². The lowest BCUT2D eigenvalue weighted by Crippen LogP contribution is -2.30. The molecule has 0 spiro atoms. The van der Waals surface area contributed by atoms with Crippen molar-refractivity contribution in [1.29, 1.82) is 0 Å². The molecule has 1 saturated heterocycles. The lowest BCUT2D eigenvalue weighted by Gasteiger charge is -2.08. The van der Waals surface area contributed by atoms with Gasteiger partial charge in [0.25, 0.3) is 0 Å². The predicted octanol–water partition coefficient (Wildman–Crippen LogP) is 0.909. The van der Waals surface area contributed by atoms with Gasteiger partial charge in [-0.2, -0.15) is 5.10 Å². The molecule has 0 saturated carbocycles. The molecule has 2 N–H and O–H groups in total. The van der Waals surface area contributed by atoms with Crippen LogP contribution in [0.25, 0.3) is 0 Å². The van der Waals surface area contributed by atoms with Gasteiger partial charge in [0.15, 0.2) is 0 Å². The van der Waals surface area contributed by atoms with E-state index in [1.54, 1.807) is 0 Å². The van der Waals surface area contributed by atoms with Gasteiger partial charge in [-0.05, 0) is 5.56 Å². The van der Waals surface area contributed by atoms with Crippen molar-refractivity contribution in [3.8, 4) is 0 Å². The van der Waals surface area contributed by atoms with E-state index in [1.165, 1.54) is 5.56 Å². The molecule has 1 amide bonds. The van der Waals surface area contributed by atoms with Crippen LogP contribution in [0.4, 0.5) is 0 Å². The van der Waals surface area contributed by atoms with Crippen LogP contribution in [0.1, 0.15) is 17.5 Å². The zero-order chi connectivity index (χ0) is 13.8. The molecule has 2 aromatic rings. The summed E-state index contributed by atoms with van der Waals surface area (Å²) in [5.74, 6) is 0.127. The smallest absolute Gasteiger partial charge is 0.221 e. The summed E-state index contributed by atoms with van der Waals surface area (Å²) in [6, 6.07) is 10.5. The summed E-state index contributed by atoms with van der Waals surface area (Å²) in [5.41, 5.74) is 2.38. The third-order valence-corrected chi connectivity index (χ3v) is 3.45. The van der Waals surface area contributed by atoms with Crippen molar-refractivity contribution in [2.45, 2.75) is 25.6 Å². The van der Waals surface area contributed by atoms with Gasteiger partial charge >= 0.3 is 0 Å². The Labute approximate surface area is 118 Å². The molecule has 3 rings (SSSR count). The van der Waals surface area contributed by atoms with Crippen molar-refractivity contribution in [2.75, 3.05) is 6.54 Å². The molecule has 1 aliphatic rings. The molecule has 1 aliphatic heterocycles. The normalized spacial score (nSPS) is 18.2. The molecule has 1 aromatic carbocycles. The second-order valence-corrected chi connectivity index (χ2v) is 5.12. The zero-order valence-electron chi connectivity index (χ0n) is 11.2.